The number of hydrogen-bond donors (Lipinski definition) is 2. The Hall–Kier alpha value is -2.73. The molecule has 0 unspecified atom stereocenters. The molecule has 2 aliphatic rings. The Balaban J connectivity index is 1.36. The maximum absolute atomic E-state index is 14.6. The molecule has 0 spiro atoms. The molecule has 2 aromatic rings. The Morgan fingerprint density at radius 1 is 1.15 bits per heavy atom. The Bertz CT molecular complexity index is 1020. The lowest BCUT2D eigenvalue weighted by molar-refractivity contribution is -0.123. The van der Waals surface area contributed by atoms with Gasteiger partial charge in [0, 0.05) is 24.0 Å². The van der Waals surface area contributed by atoms with Crippen LogP contribution < -0.4 is 10.6 Å². The lowest BCUT2D eigenvalue weighted by Crippen LogP contribution is -2.42. The Morgan fingerprint density at radius 2 is 1.85 bits per heavy atom. The molecule has 0 saturated heterocycles. The zero-order valence-electron chi connectivity index (χ0n) is 19.9. The minimum absolute atomic E-state index is 0.0107. The predicted molar refractivity (Wildman–Crippen MR) is 128 cm³/mol. The molecule has 0 radical (unpaired) electrons. The van der Waals surface area contributed by atoms with Crippen molar-refractivity contribution in [2.24, 2.45) is 11.8 Å². The van der Waals surface area contributed by atoms with Gasteiger partial charge in [-0.05, 0) is 62.5 Å². The molecule has 0 aromatic heterocycles. The van der Waals surface area contributed by atoms with E-state index >= 15 is 0 Å². The van der Waals surface area contributed by atoms with Gasteiger partial charge in [0.25, 0.3) is 5.91 Å². The van der Waals surface area contributed by atoms with Crippen molar-refractivity contribution in [3.05, 3.63) is 71.0 Å². The van der Waals surface area contributed by atoms with Crippen LogP contribution in [0.15, 0.2) is 48.5 Å². The van der Waals surface area contributed by atoms with E-state index in [1.807, 2.05) is 37.2 Å². The average molecular weight is 452 g/mol. The van der Waals surface area contributed by atoms with Gasteiger partial charge < -0.3 is 15.5 Å². The van der Waals surface area contributed by atoms with E-state index < -0.39 is 5.82 Å². The fraction of sp³-hybridized carbons (Fsp3) is 0.481. The first-order chi connectivity index (χ1) is 15.7. The summed E-state index contributed by atoms with van der Waals surface area (Å²) in [5, 5.41) is 5.96. The van der Waals surface area contributed by atoms with E-state index in [0.29, 0.717) is 13.0 Å². The number of rotatable bonds is 9. The number of benzene rings is 2. The van der Waals surface area contributed by atoms with Crippen molar-refractivity contribution in [3.63, 3.8) is 0 Å². The first-order valence-electron chi connectivity index (χ1n) is 11.8. The summed E-state index contributed by atoms with van der Waals surface area (Å²) in [5.74, 6) is -0.555. The van der Waals surface area contributed by atoms with Crippen molar-refractivity contribution < 1.29 is 14.0 Å². The largest absolute Gasteiger partial charge is 0.354 e. The van der Waals surface area contributed by atoms with Crippen LogP contribution in [0.2, 0.25) is 0 Å². The zero-order chi connectivity index (χ0) is 23.8. The molecular formula is C27H34FN3O2. The van der Waals surface area contributed by atoms with Gasteiger partial charge >= 0.3 is 0 Å². The van der Waals surface area contributed by atoms with E-state index in [9.17, 15) is 14.0 Å². The summed E-state index contributed by atoms with van der Waals surface area (Å²) in [4.78, 5) is 27.2. The second-order valence-electron chi connectivity index (χ2n) is 10.0. The zero-order valence-corrected chi connectivity index (χ0v) is 19.9. The van der Waals surface area contributed by atoms with Crippen LogP contribution in [-0.2, 0) is 16.6 Å². The Morgan fingerprint density at radius 3 is 2.45 bits per heavy atom. The first-order valence-corrected chi connectivity index (χ1v) is 11.8. The number of amides is 2. The number of carbonyl (C=O) groups is 2. The van der Waals surface area contributed by atoms with E-state index in [1.165, 1.54) is 11.6 Å². The summed E-state index contributed by atoms with van der Waals surface area (Å²) >= 11 is 0. The van der Waals surface area contributed by atoms with Gasteiger partial charge in [-0.15, -0.1) is 0 Å². The molecule has 2 saturated carbocycles. The predicted octanol–water partition coefficient (Wildman–Crippen LogP) is 3.53. The van der Waals surface area contributed by atoms with Crippen molar-refractivity contribution in [1.29, 1.82) is 0 Å². The van der Waals surface area contributed by atoms with Crippen LogP contribution in [0.3, 0.4) is 0 Å². The second kappa shape index (κ2) is 9.26. The second-order valence-corrected chi connectivity index (χ2v) is 10.0. The van der Waals surface area contributed by atoms with Gasteiger partial charge in [-0.2, -0.15) is 0 Å². The van der Waals surface area contributed by atoms with E-state index in [1.54, 1.807) is 12.1 Å². The monoisotopic (exact) mass is 451 g/mol. The number of hydrogen-bond acceptors (Lipinski definition) is 3. The summed E-state index contributed by atoms with van der Waals surface area (Å²) in [5.41, 5.74) is 1.95. The maximum atomic E-state index is 14.6. The molecule has 2 aromatic carbocycles. The Labute approximate surface area is 195 Å². The van der Waals surface area contributed by atoms with E-state index in [2.05, 4.69) is 36.6 Å². The third-order valence-corrected chi connectivity index (χ3v) is 7.57. The van der Waals surface area contributed by atoms with Crippen molar-refractivity contribution in [2.45, 2.75) is 50.6 Å². The van der Waals surface area contributed by atoms with Crippen LogP contribution >= 0.6 is 0 Å². The first kappa shape index (κ1) is 23.4. The molecule has 176 valence electrons. The number of carbonyl (C=O) groups excluding carboxylic acids is 2. The van der Waals surface area contributed by atoms with Crippen molar-refractivity contribution in [3.8, 4) is 0 Å². The molecule has 0 aliphatic heterocycles. The van der Waals surface area contributed by atoms with Gasteiger partial charge in [-0.3, -0.25) is 9.59 Å². The summed E-state index contributed by atoms with van der Waals surface area (Å²) in [6.07, 6.45) is 2.50. The molecule has 0 bridgehead atoms. The van der Waals surface area contributed by atoms with Gasteiger partial charge in [-0.1, -0.05) is 50.2 Å². The smallest absolute Gasteiger partial charge is 0.254 e. The topological polar surface area (TPSA) is 61.4 Å². The molecule has 5 nitrogen and oxygen atoms in total. The Kier molecular flexibility index (Phi) is 6.57. The lowest BCUT2D eigenvalue weighted by Gasteiger charge is -2.25. The van der Waals surface area contributed by atoms with Gasteiger partial charge in [0.05, 0.1) is 11.5 Å². The molecule has 6 heteroatoms. The summed E-state index contributed by atoms with van der Waals surface area (Å²) in [6.45, 7) is 4.76. The molecule has 2 N–H and O–H groups in total. The normalized spacial score (nSPS) is 24.9. The van der Waals surface area contributed by atoms with Crippen LogP contribution in [0.1, 0.15) is 48.2 Å². The number of likely N-dealkylation sites (N-methyl/N-ethyl adjacent to an activating group) is 1. The maximum Gasteiger partial charge on any atom is 0.254 e. The highest BCUT2D eigenvalue weighted by Crippen LogP contribution is 2.59. The molecule has 2 aliphatic carbocycles. The summed E-state index contributed by atoms with van der Waals surface area (Å²) in [6, 6.07) is 15.2. The molecule has 33 heavy (non-hydrogen) atoms. The van der Waals surface area contributed by atoms with E-state index in [0.717, 1.165) is 18.4 Å². The van der Waals surface area contributed by atoms with Crippen LogP contribution in [0.4, 0.5) is 4.39 Å². The molecule has 2 fully saturated rings. The lowest BCUT2D eigenvalue weighted by atomic mass is 9.94. The average Bonchev–Trinajstić information content (AvgIpc) is 3.69. The molecule has 4 atom stereocenters. The summed E-state index contributed by atoms with van der Waals surface area (Å²) in [7, 11) is 3.91. The number of nitrogens with one attached hydrogen (secondary N) is 2. The quantitative estimate of drug-likeness (QED) is 0.613. The summed E-state index contributed by atoms with van der Waals surface area (Å²) < 4.78 is 14.6. The van der Waals surface area contributed by atoms with Gasteiger partial charge in [0.15, 0.2) is 0 Å². The van der Waals surface area contributed by atoms with E-state index in [-0.39, 0.29) is 46.7 Å². The fourth-order valence-corrected chi connectivity index (χ4v) is 4.87. The minimum atomic E-state index is -0.502. The molecular weight excluding hydrogens is 417 g/mol. The van der Waals surface area contributed by atoms with Crippen molar-refractivity contribution in [2.75, 3.05) is 20.6 Å². The standard InChI is InChI=1S/C27H34FN3O2/c1-17-24(27(17,2)19-8-6-5-7-9-19)26(33)29-16-21(31(3)4)14-18-10-13-22(23(28)15-18)25(32)30-20-11-12-20/h5-10,13,15,17,20-21,24H,11-12,14,16H2,1-4H3,(H,29,33)(H,30,32)/t17-,21-,24-,27+/m0/s1. The van der Waals surface area contributed by atoms with Crippen LogP contribution in [-0.4, -0.2) is 49.4 Å². The van der Waals surface area contributed by atoms with Gasteiger partial charge in [-0.25, -0.2) is 4.39 Å². The molecule has 2 amide bonds. The van der Waals surface area contributed by atoms with Gasteiger partial charge in [0.1, 0.15) is 5.82 Å². The highest BCUT2D eigenvalue weighted by atomic mass is 19.1. The third-order valence-electron chi connectivity index (χ3n) is 7.57. The number of halogens is 1. The van der Waals surface area contributed by atoms with Crippen LogP contribution in [0.5, 0.6) is 0 Å². The SMILES string of the molecule is C[C@H]1[C@@H](C(=O)NC[C@H](Cc2ccc(C(=O)NC3CC3)c(F)c2)N(C)C)[C@@]1(C)c1ccccc1. The van der Waals surface area contributed by atoms with Crippen molar-refractivity contribution >= 4 is 11.8 Å². The fourth-order valence-electron chi connectivity index (χ4n) is 4.87. The van der Waals surface area contributed by atoms with E-state index in [4.69, 9.17) is 0 Å². The molecule has 0 heterocycles. The minimum Gasteiger partial charge on any atom is -0.354 e. The highest BCUT2D eigenvalue weighted by Gasteiger charge is 2.62. The van der Waals surface area contributed by atoms with Gasteiger partial charge in [0.2, 0.25) is 5.91 Å². The molecule has 4 rings (SSSR count). The highest BCUT2D eigenvalue weighted by molar-refractivity contribution is 5.94. The third kappa shape index (κ3) is 4.96. The van der Waals surface area contributed by atoms with Crippen LogP contribution in [0, 0.1) is 17.7 Å². The van der Waals surface area contributed by atoms with Crippen LogP contribution in [0.25, 0.3) is 0 Å². The number of nitrogens with zero attached hydrogens (tertiary/aromatic N) is 1. The van der Waals surface area contributed by atoms with Crippen molar-refractivity contribution in [1.82, 2.24) is 15.5 Å².